The Bertz CT molecular complexity index is 598. The molecular formula is C12H16F2N2O2S. The van der Waals surface area contributed by atoms with Crippen LogP contribution in [0.25, 0.3) is 0 Å². The van der Waals surface area contributed by atoms with Crippen LogP contribution in [0.15, 0.2) is 17.0 Å². The largest absolute Gasteiger partial charge is 0.316 e. The molecule has 0 aromatic heterocycles. The fourth-order valence-corrected chi connectivity index (χ4v) is 3.39. The van der Waals surface area contributed by atoms with E-state index >= 15 is 0 Å². The standard InChI is InChI=1S/C12H16F2N2O2S/c1-12(3-4-12)16-19(17,18)10-6-8(7-15-2)5-9(13)11(10)14/h5-6,15-16H,3-4,7H2,1-2H3. The predicted molar refractivity (Wildman–Crippen MR) is 67.1 cm³/mol. The quantitative estimate of drug-likeness (QED) is 0.864. The number of sulfonamides is 1. The molecule has 0 amide bonds. The second-order valence-corrected chi connectivity index (χ2v) is 6.74. The molecule has 19 heavy (non-hydrogen) atoms. The summed E-state index contributed by atoms with van der Waals surface area (Å²) in [4.78, 5) is -0.633. The van der Waals surface area contributed by atoms with E-state index in [1.807, 2.05) is 0 Å². The van der Waals surface area contributed by atoms with E-state index in [2.05, 4.69) is 10.0 Å². The van der Waals surface area contributed by atoms with Gasteiger partial charge in [-0.1, -0.05) is 0 Å². The van der Waals surface area contributed by atoms with Crippen LogP contribution in [-0.4, -0.2) is 21.0 Å². The fourth-order valence-electron chi connectivity index (χ4n) is 1.79. The third-order valence-corrected chi connectivity index (χ3v) is 4.74. The molecule has 0 atom stereocenters. The van der Waals surface area contributed by atoms with Gasteiger partial charge in [0.25, 0.3) is 0 Å². The summed E-state index contributed by atoms with van der Waals surface area (Å²) in [5.74, 6) is -2.49. The molecule has 0 aliphatic heterocycles. The highest BCUT2D eigenvalue weighted by atomic mass is 32.2. The van der Waals surface area contributed by atoms with E-state index in [9.17, 15) is 17.2 Å². The van der Waals surface area contributed by atoms with Gasteiger partial charge in [-0.3, -0.25) is 0 Å². The van der Waals surface area contributed by atoms with Crippen LogP contribution >= 0.6 is 0 Å². The third-order valence-electron chi connectivity index (χ3n) is 3.11. The van der Waals surface area contributed by atoms with Crippen molar-refractivity contribution in [2.24, 2.45) is 0 Å². The van der Waals surface area contributed by atoms with Crippen LogP contribution < -0.4 is 10.0 Å². The third kappa shape index (κ3) is 3.10. The topological polar surface area (TPSA) is 58.2 Å². The molecule has 1 aromatic carbocycles. The van der Waals surface area contributed by atoms with Gasteiger partial charge in [0, 0.05) is 12.1 Å². The SMILES string of the molecule is CNCc1cc(F)c(F)c(S(=O)(=O)NC2(C)CC2)c1. The Morgan fingerprint density at radius 3 is 2.47 bits per heavy atom. The Morgan fingerprint density at radius 2 is 1.95 bits per heavy atom. The fraction of sp³-hybridized carbons (Fsp3) is 0.500. The molecule has 0 bridgehead atoms. The van der Waals surface area contributed by atoms with Gasteiger partial charge < -0.3 is 5.32 Å². The lowest BCUT2D eigenvalue weighted by molar-refractivity contribution is 0.478. The van der Waals surface area contributed by atoms with Crippen molar-refractivity contribution in [3.63, 3.8) is 0 Å². The van der Waals surface area contributed by atoms with Crippen molar-refractivity contribution in [1.82, 2.24) is 10.0 Å². The van der Waals surface area contributed by atoms with Gasteiger partial charge in [-0.05, 0) is 44.5 Å². The number of rotatable bonds is 5. The summed E-state index contributed by atoms with van der Waals surface area (Å²) < 4.78 is 53.7. The van der Waals surface area contributed by atoms with Crippen molar-refractivity contribution in [3.8, 4) is 0 Å². The molecule has 1 fully saturated rings. The molecule has 1 aromatic rings. The normalized spacial score (nSPS) is 17.5. The van der Waals surface area contributed by atoms with Crippen LogP contribution in [0, 0.1) is 11.6 Å². The van der Waals surface area contributed by atoms with Crippen LogP contribution in [0.2, 0.25) is 0 Å². The maximum Gasteiger partial charge on any atom is 0.244 e. The first-order valence-corrected chi connectivity index (χ1v) is 7.42. The second-order valence-electron chi connectivity index (χ2n) is 5.09. The van der Waals surface area contributed by atoms with E-state index in [-0.39, 0.29) is 6.54 Å². The van der Waals surface area contributed by atoms with Gasteiger partial charge in [0.2, 0.25) is 10.0 Å². The molecule has 0 radical (unpaired) electrons. The zero-order valence-electron chi connectivity index (χ0n) is 10.8. The minimum atomic E-state index is -4.04. The lowest BCUT2D eigenvalue weighted by atomic mass is 10.2. The lowest BCUT2D eigenvalue weighted by Crippen LogP contribution is -2.35. The summed E-state index contributed by atoms with van der Waals surface area (Å²) in [7, 11) is -2.40. The van der Waals surface area contributed by atoms with Gasteiger partial charge >= 0.3 is 0 Å². The van der Waals surface area contributed by atoms with Gasteiger partial charge in [-0.25, -0.2) is 21.9 Å². The number of halogens is 2. The highest BCUT2D eigenvalue weighted by molar-refractivity contribution is 7.89. The van der Waals surface area contributed by atoms with Crippen molar-refractivity contribution in [2.45, 2.75) is 36.7 Å². The highest BCUT2D eigenvalue weighted by Crippen LogP contribution is 2.36. The Kier molecular flexibility index (Phi) is 3.63. The minimum Gasteiger partial charge on any atom is -0.316 e. The van der Waals surface area contributed by atoms with E-state index in [0.717, 1.165) is 12.1 Å². The zero-order valence-corrected chi connectivity index (χ0v) is 11.6. The summed E-state index contributed by atoms with van der Waals surface area (Å²) >= 11 is 0. The number of hydrogen-bond donors (Lipinski definition) is 2. The predicted octanol–water partition coefficient (Wildman–Crippen LogP) is 1.51. The first-order chi connectivity index (χ1) is 8.77. The van der Waals surface area contributed by atoms with Crippen LogP contribution in [0.5, 0.6) is 0 Å². The zero-order chi connectivity index (χ0) is 14.3. The average Bonchev–Trinajstić information content (AvgIpc) is 3.00. The number of nitrogens with one attached hydrogen (secondary N) is 2. The minimum absolute atomic E-state index is 0.261. The average molecular weight is 290 g/mol. The Morgan fingerprint density at radius 1 is 1.32 bits per heavy atom. The first-order valence-electron chi connectivity index (χ1n) is 5.94. The van der Waals surface area contributed by atoms with Crippen LogP contribution in [0.3, 0.4) is 0 Å². The summed E-state index contributed by atoms with van der Waals surface area (Å²) in [5, 5.41) is 2.77. The van der Waals surface area contributed by atoms with Gasteiger partial charge in [-0.15, -0.1) is 0 Å². The monoisotopic (exact) mass is 290 g/mol. The molecule has 1 aliphatic rings. The summed E-state index contributed by atoms with van der Waals surface area (Å²) in [6, 6.07) is 2.15. The van der Waals surface area contributed by atoms with Crippen molar-refractivity contribution < 1.29 is 17.2 Å². The Balaban J connectivity index is 2.42. The van der Waals surface area contributed by atoms with Crippen LogP contribution in [0.1, 0.15) is 25.3 Å². The molecule has 4 nitrogen and oxygen atoms in total. The maximum atomic E-state index is 13.7. The lowest BCUT2D eigenvalue weighted by Gasteiger charge is -2.14. The molecule has 0 saturated heterocycles. The number of benzene rings is 1. The van der Waals surface area contributed by atoms with Crippen molar-refractivity contribution in [3.05, 3.63) is 29.3 Å². The van der Waals surface area contributed by atoms with E-state index < -0.39 is 32.1 Å². The van der Waals surface area contributed by atoms with Gasteiger partial charge in [-0.2, -0.15) is 0 Å². The van der Waals surface area contributed by atoms with Crippen LogP contribution in [0.4, 0.5) is 8.78 Å². The van der Waals surface area contributed by atoms with Crippen LogP contribution in [-0.2, 0) is 16.6 Å². The smallest absolute Gasteiger partial charge is 0.244 e. The maximum absolute atomic E-state index is 13.7. The van der Waals surface area contributed by atoms with Crippen molar-refractivity contribution in [2.75, 3.05) is 7.05 Å². The Hall–Kier alpha value is -1.05. The Labute approximate surface area is 111 Å². The van der Waals surface area contributed by atoms with Crippen molar-refractivity contribution >= 4 is 10.0 Å². The highest BCUT2D eigenvalue weighted by Gasteiger charge is 2.42. The molecule has 106 valence electrons. The summed E-state index contributed by atoms with van der Waals surface area (Å²) in [6.07, 6.45) is 1.40. The molecule has 0 spiro atoms. The number of hydrogen-bond acceptors (Lipinski definition) is 3. The molecule has 0 heterocycles. The van der Waals surface area contributed by atoms with E-state index in [1.165, 1.54) is 0 Å². The molecule has 1 aliphatic carbocycles. The summed E-state index contributed by atoms with van der Waals surface area (Å²) in [6.45, 7) is 1.99. The van der Waals surface area contributed by atoms with Crippen molar-refractivity contribution in [1.29, 1.82) is 0 Å². The first kappa shape index (κ1) is 14.4. The summed E-state index contributed by atoms with van der Waals surface area (Å²) in [5.41, 5.74) is -0.150. The molecule has 2 rings (SSSR count). The molecule has 7 heteroatoms. The molecule has 2 N–H and O–H groups in total. The second kappa shape index (κ2) is 4.81. The molecule has 0 unspecified atom stereocenters. The van der Waals surface area contributed by atoms with E-state index in [4.69, 9.17) is 0 Å². The van der Waals surface area contributed by atoms with E-state index in [1.54, 1.807) is 14.0 Å². The van der Waals surface area contributed by atoms with Gasteiger partial charge in [0.1, 0.15) is 4.90 Å². The molecular weight excluding hydrogens is 274 g/mol. The molecule has 1 saturated carbocycles. The van der Waals surface area contributed by atoms with E-state index in [0.29, 0.717) is 18.4 Å². The van der Waals surface area contributed by atoms with Gasteiger partial charge in [0.15, 0.2) is 11.6 Å². The van der Waals surface area contributed by atoms with Gasteiger partial charge in [0.05, 0.1) is 0 Å².